The van der Waals surface area contributed by atoms with Gasteiger partial charge in [0.1, 0.15) is 17.4 Å². The van der Waals surface area contributed by atoms with Gasteiger partial charge in [-0.25, -0.2) is 0 Å². The topological polar surface area (TPSA) is 122 Å². The first-order chi connectivity index (χ1) is 14.0. The van der Waals surface area contributed by atoms with E-state index in [4.69, 9.17) is 18.9 Å². The predicted molar refractivity (Wildman–Crippen MR) is 101 cm³/mol. The van der Waals surface area contributed by atoms with Crippen LogP contribution < -0.4 is 4.74 Å². The molecule has 158 valence electrons. The van der Waals surface area contributed by atoms with Crippen molar-refractivity contribution in [3.63, 3.8) is 0 Å². The number of esters is 4. The van der Waals surface area contributed by atoms with Crippen LogP contribution in [-0.4, -0.2) is 35.4 Å². The van der Waals surface area contributed by atoms with Gasteiger partial charge in [0, 0.05) is 39.3 Å². The summed E-state index contributed by atoms with van der Waals surface area (Å²) in [6, 6.07) is 5.65. The Kier molecular flexibility index (Phi) is 6.89. The summed E-state index contributed by atoms with van der Waals surface area (Å²) in [6.07, 6.45) is 3.74. The fourth-order valence-electron chi connectivity index (χ4n) is 2.85. The first kappa shape index (κ1) is 22.5. The van der Waals surface area contributed by atoms with Gasteiger partial charge >= 0.3 is 23.9 Å². The molecule has 0 saturated heterocycles. The molecule has 1 aliphatic rings. The molecule has 30 heavy (non-hydrogen) atoms. The van der Waals surface area contributed by atoms with Gasteiger partial charge in [-0.15, -0.1) is 0 Å². The number of rotatable bonds is 6. The summed E-state index contributed by atoms with van der Waals surface area (Å²) in [5.74, 6) is -6.61. The zero-order valence-corrected chi connectivity index (χ0v) is 16.8. The van der Waals surface area contributed by atoms with Crippen molar-refractivity contribution in [3.8, 4) is 5.75 Å². The molecular weight excluding hydrogens is 396 g/mol. The van der Waals surface area contributed by atoms with Crippen LogP contribution in [0, 0.1) is 5.92 Å². The van der Waals surface area contributed by atoms with Crippen molar-refractivity contribution >= 4 is 29.7 Å². The molecule has 1 atom stereocenters. The van der Waals surface area contributed by atoms with Crippen LogP contribution >= 0.6 is 0 Å². The van der Waals surface area contributed by atoms with E-state index in [2.05, 4.69) is 0 Å². The summed E-state index contributed by atoms with van der Waals surface area (Å²) in [5, 5.41) is 0. The van der Waals surface area contributed by atoms with E-state index in [1.807, 2.05) is 0 Å². The number of benzene rings is 1. The second-order valence-corrected chi connectivity index (χ2v) is 6.37. The van der Waals surface area contributed by atoms with E-state index in [9.17, 15) is 24.0 Å². The number of carbonyl (C=O) groups excluding carboxylic acids is 5. The van der Waals surface area contributed by atoms with E-state index in [1.165, 1.54) is 43.3 Å². The third kappa shape index (κ3) is 5.63. The van der Waals surface area contributed by atoms with Crippen molar-refractivity contribution in [2.24, 2.45) is 5.92 Å². The summed E-state index contributed by atoms with van der Waals surface area (Å²) in [4.78, 5) is 59.0. The molecule has 0 bridgehead atoms. The number of ketones is 1. The van der Waals surface area contributed by atoms with Gasteiger partial charge in [-0.05, 0) is 30.3 Å². The number of ether oxygens (including phenoxy) is 4. The first-order valence-corrected chi connectivity index (χ1v) is 8.84. The molecule has 1 aromatic rings. The first-order valence-electron chi connectivity index (χ1n) is 8.84. The van der Waals surface area contributed by atoms with Gasteiger partial charge in [0.2, 0.25) is 0 Å². The van der Waals surface area contributed by atoms with E-state index in [0.29, 0.717) is 0 Å². The lowest BCUT2D eigenvalue weighted by Crippen LogP contribution is -2.48. The maximum absolute atomic E-state index is 13.2. The molecule has 0 aliphatic heterocycles. The molecule has 0 spiro atoms. The molecule has 0 heterocycles. The molecule has 1 aromatic carbocycles. The lowest BCUT2D eigenvalue weighted by atomic mass is 9.85. The normalized spacial score (nSPS) is 16.7. The smallest absolute Gasteiger partial charge is 0.308 e. The lowest BCUT2D eigenvalue weighted by Gasteiger charge is -2.36. The van der Waals surface area contributed by atoms with Crippen LogP contribution in [0.25, 0.3) is 0 Å². The van der Waals surface area contributed by atoms with E-state index in [-0.39, 0.29) is 17.1 Å². The highest BCUT2D eigenvalue weighted by Gasteiger charge is 2.49. The van der Waals surface area contributed by atoms with Crippen molar-refractivity contribution in [2.45, 2.75) is 33.5 Å². The van der Waals surface area contributed by atoms with Gasteiger partial charge in [0.05, 0.1) is 0 Å². The van der Waals surface area contributed by atoms with Crippen molar-refractivity contribution in [2.75, 3.05) is 0 Å². The largest absolute Gasteiger partial charge is 0.427 e. The summed E-state index contributed by atoms with van der Waals surface area (Å²) in [7, 11) is 0. The monoisotopic (exact) mass is 416 g/mol. The van der Waals surface area contributed by atoms with Crippen LogP contribution in [0.1, 0.15) is 38.1 Å². The molecule has 1 unspecified atom stereocenters. The summed E-state index contributed by atoms with van der Waals surface area (Å²) >= 11 is 0. The molecule has 0 N–H and O–H groups in total. The highest BCUT2D eigenvalue weighted by Crippen LogP contribution is 2.36. The van der Waals surface area contributed by atoms with Crippen LogP contribution in [0.15, 0.2) is 48.3 Å². The van der Waals surface area contributed by atoms with Gasteiger partial charge in [-0.2, -0.15) is 0 Å². The van der Waals surface area contributed by atoms with Gasteiger partial charge in [0.25, 0.3) is 5.79 Å². The van der Waals surface area contributed by atoms with Gasteiger partial charge in [-0.1, -0.05) is 6.08 Å². The number of Topliss-reactive ketones (excluding diaryl/α,β-unsaturated/α-hetero) is 1. The molecule has 2 rings (SSSR count). The number of hydrogen-bond acceptors (Lipinski definition) is 9. The minimum atomic E-state index is -2.15. The summed E-state index contributed by atoms with van der Waals surface area (Å²) < 4.78 is 20.4. The average molecular weight is 416 g/mol. The lowest BCUT2D eigenvalue weighted by molar-refractivity contribution is -0.216. The van der Waals surface area contributed by atoms with Crippen LogP contribution in [-0.2, 0) is 33.4 Å². The minimum Gasteiger partial charge on any atom is -0.427 e. The van der Waals surface area contributed by atoms with Crippen LogP contribution in [0.4, 0.5) is 0 Å². The minimum absolute atomic E-state index is 0.0562. The SMILES string of the molecule is CC(=O)OC1=CC(OC(C)=O)(OC(C)=O)C(C(=O)c2ccc(OC(C)=O)cc2)C=C1. The van der Waals surface area contributed by atoms with Gasteiger partial charge < -0.3 is 18.9 Å². The Morgan fingerprint density at radius 2 is 1.30 bits per heavy atom. The molecule has 0 aromatic heterocycles. The Morgan fingerprint density at radius 3 is 1.77 bits per heavy atom. The average Bonchev–Trinajstić information content (AvgIpc) is 2.59. The Morgan fingerprint density at radius 1 is 0.767 bits per heavy atom. The zero-order valence-electron chi connectivity index (χ0n) is 16.8. The third-order valence-corrected chi connectivity index (χ3v) is 3.78. The maximum atomic E-state index is 13.2. The fraction of sp³-hybridized carbons (Fsp3) is 0.286. The quantitative estimate of drug-likeness (QED) is 0.297. The third-order valence-electron chi connectivity index (χ3n) is 3.78. The Bertz CT molecular complexity index is 922. The van der Waals surface area contributed by atoms with Crippen LogP contribution in [0.5, 0.6) is 5.75 Å². The Labute approximate surface area is 172 Å². The standard InChI is InChI=1S/C21H20O9/c1-12(22)27-17-7-5-16(6-8-17)20(26)19-10-9-18(28-13(2)23)11-21(19,29-14(3)24)30-15(4)25/h5-11,19H,1-4H3. The van der Waals surface area contributed by atoms with Gasteiger partial charge in [0.15, 0.2) is 5.78 Å². The molecule has 0 fully saturated rings. The van der Waals surface area contributed by atoms with E-state index in [1.54, 1.807) is 0 Å². The fourth-order valence-corrected chi connectivity index (χ4v) is 2.85. The van der Waals surface area contributed by atoms with Gasteiger partial charge in [-0.3, -0.25) is 24.0 Å². The van der Waals surface area contributed by atoms with Crippen molar-refractivity contribution in [1.29, 1.82) is 0 Å². The van der Waals surface area contributed by atoms with E-state index < -0.39 is 41.4 Å². The van der Waals surface area contributed by atoms with Crippen molar-refractivity contribution in [3.05, 3.63) is 53.8 Å². The molecule has 1 aliphatic carbocycles. The molecule has 9 heteroatoms. The number of carbonyl (C=O) groups is 5. The molecule has 0 amide bonds. The van der Waals surface area contributed by atoms with E-state index >= 15 is 0 Å². The number of hydrogen-bond donors (Lipinski definition) is 0. The maximum Gasteiger partial charge on any atom is 0.308 e. The van der Waals surface area contributed by atoms with Crippen molar-refractivity contribution < 1.29 is 42.9 Å². The van der Waals surface area contributed by atoms with Crippen LogP contribution in [0.2, 0.25) is 0 Å². The van der Waals surface area contributed by atoms with Crippen LogP contribution in [0.3, 0.4) is 0 Å². The summed E-state index contributed by atoms with van der Waals surface area (Å²) in [6.45, 7) is 4.57. The highest BCUT2D eigenvalue weighted by molar-refractivity contribution is 6.00. The van der Waals surface area contributed by atoms with Crippen molar-refractivity contribution in [1.82, 2.24) is 0 Å². The second-order valence-electron chi connectivity index (χ2n) is 6.37. The Balaban J connectivity index is 2.47. The molecule has 9 nitrogen and oxygen atoms in total. The predicted octanol–water partition coefficient (Wildman–Crippen LogP) is 2.25. The molecular formula is C21H20O9. The molecule has 0 saturated carbocycles. The van der Waals surface area contributed by atoms with E-state index in [0.717, 1.165) is 26.8 Å². The molecule has 0 radical (unpaired) electrons. The Hall–Kier alpha value is -3.75. The highest BCUT2D eigenvalue weighted by atomic mass is 16.7. The second kappa shape index (κ2) is 9.17. The summed E-state index contributed by atoms with van der Waals surface area (Å²) in [5.41, 5.74) is 0.175. The zero-order chi connectivity index (χ0) is 22.5. The number of allylic oxidation sites excluding steroid dienone is 1.